The molecule has 17 heavy (non-hydrogen) atoms. The van der Waals surface area contributed by atoms with Gasteiger partial charge in [0.25, 0.3) is 0 Å². The third-order valence-electron chi connectivity index (χ3n) is 2.96. The van der Waals surface area contributed by atoms with Crippen molar-refractivity contribution in [3.63, 3.8) is 0 Å². The summed E-state index contributed by atoms with van der Waals surface area (Å²) in [6, 6.07) is 2.01. The highest BCUT2D eigenvalue weighted by molar-refractivity contribution is 5.92. The van der Waals surface area contributed by atoms with Crippen molar-refractivity contribution >= 4 is 16.6 Å². The minimum atomic E-state index is -0.682. The van der Waals surface area contributed by atoms with E-state index in [1.807, 2.05) is 0 Å². The molecule has 0 aliphatic carbocycles. The van der Waals surface area contributed by atoms with Crippen LogP contribution in [0.25, 0.3) is 10.9 Å². The van der Waals surface area contributed by atoms with Crippen LogP contribution in [0.5, 0.6) is 0 Å². The molecule has 0 amide bonds. The number of rotatable bonds is 0. The molecule has 0 unspecified atom stereocenters. The Morgan fingerprint density at radius 3 is 2.94 bits per heavy atom. The molecule has 0 saturated heterocycles. The molecular weight excluding hydrogens is 226 g/mol. The Morgan fingerprint density at radius 2 is 2.12 bits per heavy atom. The summed E-state index contributed by atoms with van der Waals surface area (Å²) in [6.07, 6.45) is 0.619. The standard InChI is InChI=1S/C12H10F2N2O/c13-6-3-8(14)11-10(4-6)16-9-1-2-17-5-7(9)12(11)15/h3-4H,1-2,5H2,(H2,15,16). The fourth-order valence-electron chi connectivity index (χ4n) is 2.14. The van der Waals surface area contributed by atoms with Crippen LogP contribution < -0.4 is 5.73 Å². The summed E-state index contributed by atoms with van der Waals surface area (Å²) >= 11 is 0. The Morgan fingerprint density at radius 1 is 1.29 bits per heavy atom. The molecule has 0 spiro atoms. The maximum Gasteiger partial charge on any atom is 0.137 e. The minimum Gasteiger partial charge on any atom is -0.398 e. The van der Waals surface area contributed by atoms with Gasteiger partial charge in [-0.05, 0) is 0 Å². The minimum absolute atomic E-state index is 0.177. The van der Waals surface area contributed by atoms with Gasteiger partial charge in [-0.1, -0.05) is 0 Å². The van der Waals surface area contributed by atoms with Crippen LogP contribution in [0.3, 0.4) is 0 Å². The summed E-state index contributed by atoms with van der Waals surface area (Å²) < 4.78 is 32.1. The van der Waals surface area contributed by atoms with Gasteiger partial charge in [-0.3, -0.25) is 4.98 Å². The molecule has 0 radical (unpaired) electrons. The maximum absolute atomic E-state index is 13.7. The lowest BCUT2D eigenvalue weighted by Crippen LogP contribution is -2.14. The van der Waals surface area contributed by atoms with E-state index >= 15 is 0 Å². The van der Waals surface area contributed by atoms with Crippen molar-refractivity contribution < 1.29 is 13.5 Å². The number of pyridine rings is 1. The highest BCUT2D eigenvalue weighted by atomic mass is 19.1. The van der Waals surface area contributed by atoms with Gasteiger partial charge in [0.1, 0.15) is 11.6 Å². The van der Waals surface area contributed by atoms with Crippen LogP contribution in [0.4, 0.5) is 14.5 Å². The molecule has 1 aliphatic heterocycles. The quantitative estimate of drug-likeness (QED) is 0.762. The van der Waals surface area contributed by atoms with Gasteiger partial charge in [-0.15, -0.1) is 0 Å². The molecule has 0 atom stereocenters. The van der Waals surface area contributed by atoms with Gasteiger partial charge in [0, 0.05) is 24.1 Å². The van der Waals surface area contributed by atoms with Gasteiger partial charge in [0.15, 0.2) is 0 Å². The average Bonchev–Trinajstić information content (AvgIpc) is 2.28. The molecule has 88 valence electrons. The highest BCUT2D eigenvalue weighted by Crippen LogP contribution is 2.31. The van der Waals surface area contributed by atoms with Crippen molar-refractivity contribution in [1.29, 1.82) is 0 Å². The van der Waals surface area contributed by atoms with Crippen LogP contribution in [0, 0.1) is 11.6 Å². The van der Waals surface area contributed by atoms with E-state index in [0.717, 1.165) is 11.8 Å². The highest BCUT2D eigenvalue weighted by Gasteiger charge is 2.19. The number of hydrogen-bond donors (Lipinski definition) is 1. The molecule has 0 fully saturated rings. The number of ether oxygens (including phenoxy) is 1. The number of nitrogens with zero attached hydrogens (tertiary/aromatic N) is 1. The lowest BCUT2D eigenvalue weighted by molar-refractivity contribution is 0.110. The molecule has 2 heterocycles. The van der Waals surface area contributed by atoms with E-state index in [0.29, 0.717) is 30.9 Å². The number of nitrogens with two attached hydrogens (primary N) is 1. The summed E-state index contributed by atoms with van der Waals surface area (Å²) in [4.78, 5) is 4.26. The molecule has 2 N–H and O–H groups in total. The van der Waals surface area contributed by atoms with Crippen LogP contribution in [0.2, 0.25) is 0 Å². The number of benzene rings is 1. The first kappa shape index (κ1) is 10.4. The van der Waals surface area contributed by atoms with Crippen molar-refractivity contribution in [3.8, 4) is 0 Å². The molecule has 0 saturated carbocycles. The maximum atomic E-state index is 13.7. The fraction of sp³-hybridized carbons (Fsp3) is 0.250. The van der Waals surface area contributed by atoms with Gasteiger partial charge in [-0.2, -0.15) is 0 Å². The van der Waals surface area contributed by atoms with E-state index in [1.54, 1.807) is 0 Å². The van der Waals surface area contributed by atoms with Gasteiger partial charge in [0.2, 0.25) is 0 Å². The Labute approximate surface area is 96.2 Å². The molecule has 3 rings (SSSR count). The van der Waals surface area contributed by atoms with Crippen molar-refractivity contribution in [2.75, 3.05) is 12.3 Å². The zero-order chi connectivity index (χ0) is 12.0. The van der Waals surface area contributed by atoms with E-state index < -0.39 is 11.6 Å². The summed E-state index contributed by atoms with van der Waals surface area (Å²) in [5.41, 5.74) is 7.97. The molecule has 3 nitrogen and oxygen atoms in total. The SMILES string of the molecule is Nc1c2c(nc3cc(F)cc(F)c13)CCOC2. The Hall–Kier alpha value is -1.75. The van der Waals surface area contributed by atoms with Crippen LogP contribution in [-0.4, -0.2) is 11.6 Å². The number of halogens is 2. The zero-order valence-corrected chi connectivity index (χ0v) is 8.96. The summed E-state index contributed by atoms with van der Waals surface area (Å²) in [7, 11) is 0. The van der Waals surface area contributed by atoms with E-state index in [9.17, 15) is 8.78 Å². The molecule has 1 aromatic carbocycles. The van der Waals surface area contributed by atoms with Gasteiger partial charge in [0.05, 0.1) is 35.5 Å². The van der Waals surface area contributed by atoms with Crippen molar-refractivity contribution in [3.05, 3.63) is 35.0 Å². The molecule has 1 aliphatic rings. The van der Waals surface area contributed by atoms with Crippen LogP contribution in [0.15, 0.2) is 12.1 Å². The number of fused-ring (bicyclic) bond motifs is 2. The first-order valence-corrected chi connectivity index (χ1v) is 5.30. The van der Waals surface area contributed by atoms with Crippen molar-refractivity contribution in [1.82, 2.24) is 4.98 Å². The third kappa shape index (κ3) is 1.54. The number of anilines is 1. The second-order valence-electron chi connectivity index (χ2n) is 4.04. The zero-order valence-electron chi connectivity index (χ0n) is 8.96. The normalized spacial score (nSPS) is 14.9. The van der Waals surface area contributed by atoms with Crippen molar-refractivity contribution in [2.45, 2.75) is 13.0 Å². The second kappa shape index (κ2) is 3.63. The van der Waals surface area contributed by atoms with Gasteiger partial charge < -0.3 is 10.5 Å². The molecule has 1 aromatic heterocycles. The Bertz CT molecular complexity index is 613. The van der Waals surface area contributed by atoms with Gasteiger partial charge in [-0.25, -0.2) is 8.78 Å². The van der Waals surface area contributed by atoms with Crippen LogP contribution >= 0.6 is 0 Å². The lowest BCUT2D eigenvalue weighted by atomic mass is 10.0. The Kier molecular flexibility index (Phi) is 2.22. The lowest BCUT2D eigenvalue weighted by Gasteiger charge is -2.19. The number of aromatic nitrogens is 1. The predicted molar refractivity (Wildman–Crippen MR) is 59.4 cm³/mol. The average molecular weight is 236 g/mol. The largest absolute Gasteiger partial charge is 0.398 e. The van der Waals surface area contributed by atoms with Crippen LogP contribution in [-0.2, 0) is 17.8 Å². The van der Waals surface area contributed by atoms with Gasteiger partial charge >= 0.3 is 0 Å². The fourth-order valence-corrected chi connectivity index (χ4v) is 2.14. The number of nitrogen functional groups attached to an aromatic ring is 1. The monoisotopic (exact) mass is 236 g/mol. The molecule has 5 heteroatoms. The number of hydrogen-bond acceptors (Lipinski definition) is 3. The van der Waals surface area contributed by atoms with Crippen LogP contribution in [0.1, 0.15) is 11.3 Å². The van der Waals surface area contributed by atoms with E-state index in [2.05, 4.69) is 4.98 Å². The van der Waals surface area contributed by atoms with E-state index in [-0.39, 0.29) is 10.9 Å². The Balaban J connectivity index is 2.40. The first-order chi connectivity index (χ1) is 8.16. The van der Waals surface area contributed by atoms with E-state index in [4.69, 9.17) is 10.5 Å². The summed E-state index contributed by atoms with van der Waals surface area (Å²) in [5.74, 6) is -1.33. The summed E-state index contributed by atoms with van der Waals surface area (Å²) in [6.45, 7) is 0.893. The molecular formula is C12H10F2N2O. The second-order valence-corrected chi connectivity index (χ2v) is 4.04. The first-order valence-electron chi connectivity index (χ1n) is 5.30. The predicted octanol–water partition coefficient (Wildman–Crippen LogP) is 2.17. The molecule has 0 bridgehead atoms. The third-order valence-corrected chi connectivity index (χ3v) is 2.96. The van der Waals surface area contributed by atoms with E-state index in [1.165, 1.54) is 6.07 Å². The summed E-state index contributed by atoms with van der Waals surface area (Å²) in [5, 5.41) is 0.177. The topological polar surface area (TPSA) is 48.1 Å². The molecule has 2 aromatic rings. The smallest absolute Gasteiger partial charge is 0.137 e. The van der Waals surface area contributed by atoms with Crippen molar-refractivity contribution in [2.24, 2.45) is 0 Å².